The highest BCUT2D eigenvalue weighted by molar-refractivity contribution is 5.82. The van der Waals surface area contributed by atoms with Crippen LogP contribution < -0.4 is 4.74 Å². The number of hydrogen-bond donors (Lipinski definition) is 0. The second kappa shape index (κ2) is 8.39. The summed E-state index contributed by atoms with van der Waals surface area (Å²) < 4.78 is 18.6. The minimum absolute atomic E-state index is 0.0402. The van der Waals surface area contributed by atoms with Gasteiger partial charge in [-0.05, 0) is 31.0 Å². The van der Waals surface area contributed by atoms with Crippen molar-refractivity contribution in [2.45, 2.75) is 25.3 Å². The number of rotatable bonds is 7. The Hall–Kier alpha value is -3.39. The van der Waals surface area contributed by atoms with Crippen molar-refractivity contribution >= 4 is 22.5 Å². The number of carbonyl (C=O) groups excluding carboxylic acids is 1. The van der Waals surface area contributed by atoms with Crippen molar-refractivity contribution in [3.63, 3.8) is 0 Å². The van der Waals surface area contributed by atoms with Crippen LogP contribution in [-0.2, 0) is 9.53 Å². The van der Waals surface area contributed by atoms with Crippen molar-refractivity contribution < 1.29 is 18.7 Å². The third kappa shape index (κ3) is 3.86. The van der Waals surface area contributed by atoms with E-state index in [0.29, 0.717) is 18.2 Å². The standard InChI is InChI=1S/C23H24N4O4/c1-29-15-23(28)26-11-4-6-17(26)10-12-30-22-9-8-21-24-14-18(27(21)25-22)20-13-16-5-2-3-7-19(16)31-20/h2-3,5,7-9,13-14,17H,4,6,10-12,15H2,1H3/t17-/m0/s1. The molecular formula is C23H24N4O4. The molecule has 1 amide bonds. The smallest absolute Gasteiger partial charge is 0.248 e. The maximum Gasteiger partial charge on any atom is 0.248 e. The van der Waals surface area contributed by atoms with Gasteiger partial charge in [0.25, 0.3) is 0 Å². The molecule has 5 rings (SSSR count). The molecule has 0 saturated carbocycles. The van der Waals surface area contributed by atoms with Crippen molar-refractivity contribution in [2.75, 3.05) is 26.9 Å². The van der Waals surface area contributed by atoms with Crippen LogP contribution in [-0.4, -0.2) is 58.3 Å². The summed E-state index contributed by atoms with van der Waals surface area (Å²) >= 11 is 0. The van der Waals surface area contributed by atoms with E-state index >= 15 is 0 Å². The third-order valence-corrected chi connectivity index (χ3v) is 5.68. The van der Waals surface area contributed by atoms with Crippen molar-refractivity contribution in [1.82, 2.24) is 19.5 Å². The molecule has 0 bridgehead atoms. The van der Waals surface area contributed by atoms with Crippen LogP contribution in [0.25, 0.3) is 28.1 Å². The van der Waals surface area contributed by atoms with Gasteiger partial charge in [0, 0.05) is 37.6 Å². The largest absolute Gasteiger partial charge is 0.477 e. The van der Waals surface area contributed by atoms with E-state index < -0.39 is 0 Å². The predicted octanol–water partition coefficient (Wildman–Crippen LogP) is 3.55. The summed E-state index contributed by atoms with van der Waals surface area (Å²) in [6.45, 7) is 1.39. The van der Waals surface area contributed by atoms with Gasteiger partial charge in [-0.1, -0.05) is 18.2 Å². The number of benzene rings is 1. The fraction of sp³-hybridized carbons (Fsp3) is 0.348. The number of ether oxygens (including phenoxy) is 2. The van der Waals surface area contributed by atoms with Gasteiger partial charge in [0.15, 0.2) is 11.4 Å². The number of methoxy groups -OCH3 is 1. The number of imidazole rings is 1. The van der Waals surface area contributed by atoms with E-state index in [2.05, 4.69) is 10.1 Å². The number of para-hydroxylation sites is 1. The molecule has 1 aliphatic heterocycles. The second-order valence-corrected chi connectivity index (χ2v) is 7.69. The van der Waals surface area contributed by atoms with E-state index in [1.807, 2.05) is 47.4 Å². The zero-order valence-electron chi connectivity index (χ0n) is 17.4. The molecule has 0 aliphatic carbocycles. The van der Waals surface area contributed by atoms with Crippen LogP contribution in [0.1, 0.15) is 19.3 Å². The lowest BCUT2D eigenvalue weighted by Crippen LogP contribution is -2.38. The molecule has 4 heterocycles. The summed E-state index contributed by atoms with van der Waals surface area (Å²) in [6, 6.07) is 13.7. The number of fused-ring (bicyclic) bond motifs is 2. The number of nitrogens with zero attached hydrogens (tertiary/aromatic N) is 4. The molecule has 1 atom stereocenters. The van der Waals surface area contributed by atoms with Gasteiger partial charge in [-0.25, -0.2) is 9.50 Å². The van der Waals surface area contributed by atoms with E-state index in [1.54, 1.807) is 17.8 Å². The van der Waals surface area contributed by atoms with Crippen LogP contribution in [0.3, 0.4) is 0 Å². The van der Waals surface area contributed by atoms with Gasteiger partial charge in [0.2, 0.25) is 11.8 Å². The first kappa shape index (κ1) is 19.6. The Labute approximate surface area is 179 Å². The van der Waals surface area contributed by atoms with E-state index in [1.165, 1.54) is 0 Å². The van der Waals surface area contributed by atoms with Gasteiger partial charge in [-0.15, -0.1) is 5.10 Å². The topological polar surface area (TPSA) is 82.1 Å². The molecule has 3 aromatic heterocycles. The Bertz CT molecular complexity index is 1180. The third-order valence-electron chi connectivity index (χ3n) is 5.68. The predicted molar refractivity (Wildman–Crippen MR) is 115 cm³/mol. The molecule has 4 aromatic rings. The number of hydrogen-bond acceptors (Lipinski definition) is 6. The van der Waals surface area contributed by atoms with Gasteiger partial charge >= 0.3 is 0 Å². The van der Waals surface area contributed by atoms with E-state index in [0.717, 1.165) is 48.1 Å². The van der Waals surface area contributed by atoms with Crippen molar-refractivity contribution in [2.24, 2.45) is 0 Å². The molecule has 1 aliphatic rings. The molecule has 1 aromatic carbocycles. The lowest BCUT2D eigenvalue weighted by Gasteiger charge is -2.24. The van der Waals surface area contributed by atoms with Crippen molar-refractivity contribution in [3.8, 4) is 17.3 Å². The summed E-state index contributed by atoms with van der Waals surface area (Å²) in [7, 11) is 1.55. The van der Waals surface area contributed by atoms with Gasteiger partial charge in [-0.3, -0.25) is 4.79 Å². The molecular weight excluding hydrogens is 396 g/mol. The molecule has 0 unspecified atom stereocenters. The Morgan fingerprint density at radius 2 is 2.16 bits per heavy atom. The second-order valence-electron chi connectivity index (χ2n) is 7.69. The van der Waals surface area contributed by atoms with Gasteiger partial charge in [0.05, 0.1) is 12.8 Å². The minimum atomic E-state index is 0.0402. The van der Waals surface area contributed by atoms with Crippen LogP contribution in [0.2, 0.25) is 0 Å². The molecule has 0 spiro atoms. The van der Waals surface area contributed by atoms with Gasteiger partial charge in [-0.2, -0.15) is 0 Å². The highest BCUT2D eigenvalue weighted by Gasteiger charge is 2.28. The Morgan fingerprint density at radius 1 is 1.26 bits per heavy atom. The average molecular weight is 420 g/mol. The fourth-order valence-electron chi connectivity index (χ4n) is 4.18. The molecule has 1 fully saturated rings. The SMILES string of the molecule is COCC(=O)N1CCC[C@H]1CCOc1ccc2ncc(-c3cc4ccccc4o3)n2n1. The molecule has 8 heteroatoms. The van der Waals surface area contributed by atoms with Crippen LogP contribution in [0, 0.1) is 0 Å². The summed E-state index contributed by atoms with van der Waals surface area (Å²) in [6.07, 6.45) is 4.51. The number of carbonyl (C=O) groups is 1. The lowest BCUT2D eigenvalue weighted by atomic mass is 10.1. The first-order valence-electron chi connectivity index (χ1n) is 10.5. The fourth-order valence-corrected chi connectivity index (χ4v) is 4.18. The molecule has 160 valence electrons. The number of likely N-dealkylation sites (tertiary alicyclic amines) is 1. The maximum absolute atomic E-state index is 12.2. The first-order chi connectivity index (χ1) is 15.2. The average Bonchev–Trinajstić information content (AvgIpc) is 3.51. The summed E-state index contributed by atoms with van der Waals surface area (Å²) in [5, 5.41) is 5.63. The van der Waals surface area contributed by atoms with E-state index in [-0.39, 0.29) is 18.6 Å². The van der Waals surface area contributed by atoms with Crippen LogP contribution in [0.5, 0.6) is 5.88 Å². The zero-order chi connectivity index (χ0) is 21.2. The Kier molecular flexibility index (Phi) is 5.30. The highest BCUT2D eigenvalue weighted by Crippen LogP contribution is 2.28. The van der Waals surface area contributed by atoms with Crippen molar-refractivity contribution in [3.05, 3.63) is 48.7 Å². The number of aromatic nitrogens is 3. The van der Waals surface area contributed by atoms with Gasteiger partial charge in [0.1, 0.15) is 17.9 Å². The normalized spacial score (nSPS) is 16.4. The minimum Gasteiger partial charge on any atom is -0.477 e. The quantitative estimate of drug-likeness (QED) is 0.455. The molecule has 8 nitrogen and oxygen atoms in total. The summed E-state index contributed by atoms with van der Waals surface area (Å²) in [5.74, 6) is 1.26. The maximum atomic E-state index is 12.2. The summed E-state index contributed by atoms with van der Waals surface area (Å²) in [5.41, 5.74) is 2.31. The molecule has 0 radical (unpaired) electrons. The lowest BCUT2D eigenvalue weighted by molar-refractivity contribution is -0.136. The zero-order valence-corrected chi connectivity index (χ0v) is 17.4. The highest BCUT2D eigenvalue weighted by atomic mass is 16.5. The number of amides is 1. The molecule has 0 N–H and O–H groups in total. The summed E-state index contributed by atoms with van der Waals surface area (Å²) in [4.78, 5) is 18.5. The first-order valence-corrected chi connectivity index (χ1v) is 10.5. The van der Waals surface area contributed by atoms with Gasteiger partial charge < -0.3 is 18.8 Å². The Morgan fingerprint density at radius 3 is 3.03 bits per heavy atom. The molecule has 1 saturated heterocycles. The van der Waals surface area contributed by atoms with Crippen LogP contribution >= 0.6 is 0 Å². The number of furan rings is 1. The molecule has 31 heavy (non-hydrogen) atoms. The van der Waals surface area contributed by atoms with Crippen LogP contribution in [0.15, 0.2) is 53.1 Å². The monoisotopic (exact) mass is 420 g/mol. The van der Waals surface area contributed by atoms with E-state index in [4.69, 9.17) is 13.9 Å². The van der Waals surface area contributed by atoms with E-state index in [9.17, 15) is 4.79 Å². The Balaban J connectivity index is 1.30. The van der Waals surface area contributed by atoms with Crippen LogP contribution in [0.4, 0.5) is 0 Å². The van der Waals surface area contributed by atoms with Crippen molar-refractivity contribution in [1.29, 1.82) is 0 Å².